The van der Waals surface area contributed by atoms with Crippen LogP contribution in [0.1, 0.15) is 49.5 Å². The quantitative estimate of drug-likeness (QED) is 0.521. The van der Waals surface area contributed by atoms with Gasteiger partial charge in [-0.1, -0.05) is 19.3 Å². The van der Waals surface area contributed by atoms with Crippen molar-refractivity contribution in [1.29, 1.82) is 0 Å². The highest BCUT2D eigenvalue weighted by Crippen LogP contribution is 2.33. The molecule has 0 aliphatic heterocycles. The maximum absolute atomic E-state index is 11.5. The summed E-state index contributed by atoms with van der Waals surface area (Å²) < 4.78 is 4.61. The monoisotopic (exact) mass is 293 g/mol. The molecule has 0 amide bonds. The Morgan fingerprint density at radius 3 is 2.62 bits per heavy atom. The van der Waals surface area contributed by atoms with Crippen LogP contribution in [0.25, 0.3) is 0 Å². The molecule has 1 aliphatic carbocycles. The van der Waals surface area contributed by atoms with E-state index in [0.717, 1.165) is 25.7 Å². The Morgan fingerprint density at radius 2 is 2.05 bits per heavy atom. The number of pyridine rings is 1. The maximum atomic E-state index is 11.5. The van der Waals surface area contributed by atoms with Gasteiger partial charge in [-0.05, 0) is 25.8 Å². The van der Waals surface area contributed by atoms with E-state index in [0.29, 0.717) is 0 Å². The average molecular weight is 293 g/mol. The summed E-state index contributed by atoms with van der Waals surface area (Å²) in [6.45, 7) is 2.03. The molecule has 0 radical (unpaired) electrons. The fourth-order valence-corrected chi connectivity index (χ4v) is 2.65. The Bertz CT molecular complexity index is 553. The maximum Gasteiger partial charge on any atom is 0.356 e. The van der Waals surface area contributed by atoms with E-state index in [1.54, 1.807) is 0 Å². The molecule has 2 rings (SSSR count). The highest BCUT2D eigenvalue weighted by atomic mass is 16.6. The van der Waals surface area contributed by atoms with Crippen LogP contribution >= 0.6 is 0 Å². The summed E-state index contributed by atoms with van der Waals surface area (Å²) in [6.07, 6.45) is 5.18. The summed E-state index contributed by atoms with van der Waals surface area (Å²) in [6, 6.07) is 2.59. The lowest BCUT2D eigenvalue weighted by atomic mass is 9.83. The summed E-state index contributed by atoms with van der Waals surface area (Å²) in [5.41, 5.74) is -0.301. The van der Waals surface area contributed by atoms with Crippen molar-refractivity contribution in [3.8, 4) is 0 Å². The number of rotatable bonds is 4. The molecule has 1 heterocycles. The van der Waals surface area contributed by atoms with Gasteiger partial charge in [-0.3, -0.25) is 10.1 Å². The molecule has 1 N–H and O–H groups in total. The minimum absolute atomic E-state index is 0.0602. The molecule has 1 fully saturated rings. The van der Waals surface area contributed by atoms with E-state index >= 15 is 0 Å². The topological polar surface area (TPSA) is 94.4 Å². The number of aromatic nitrogens is 1. The van der Waals surface area contributed by atoms with Crippen LogP contribution in [0.5, 0.6) is 0 Å². The number of ether oxygens (including phenoxy) is 1. The first-order valence-corrected chi connectivity index (χ1v) is 6.97. The lowest BCUT2D eigenvalue weighted by Crippen LogP contribution is -2.37. The van der Waals surface area contributed by atoms with Gasteiger partial charge in [0.05, 0.1) is 12.0 Å². The van der Waals surface area contributed by atoms with Crippen LogP contribution in [0.15, 0.2) is 12.1 Å². The first-order valence-electron chi connectivity index (χ1n) is 6.97. The van der Waals surface area contributed by atoms with E-state index in [2.05, 4.69) is 15.0 Å². The molecule has 1 saturated carbocycles. The van der Waals surface area contributed by atoms with E-state index < -0.39 is 10.9 Å². The Hall–Kier alpha value is -2.18. The standard InChI is InChI=1S/C14H19N3O4/c1-14(8-4-3-5-9-14)16-12-11(17(19)20)7-6-10(15-12)13(18)21-2/h6-7H,3-5,8-9H2,1-2H3,(H,15,16). The van der Waals surface area contributed by atoms with Gasteiger partial charge in [0.1, 0.15) is 0 Å². The molecule has 0 spiro atoms. The van der Waals surface area contributed by atoms with Gasteiger partial charge in [0.25, 0.3) is 0 Å². The van der Waals surface area contributed by atoms with Crippen molar-refractivity contribution in [3.05, 3.63) is 27.9 Å². The van der Waals surface area contributed by atoms with E-state index in [4.69, 9.17) is 0 Å². The predicted octanol–water partition coefficient (Wildman–Crippen LogP) is 2.91. The summed E-state index contributed by atoms with van der Waals surface area (Å²) in [4.78, 5) is 26.2. The normalized spacial score (nSPS) is 17.0. The van der Waals surface area contributed by atoms with Crippen LogP contribution in [-0.4, -0.2) is 28.5 Å². The minimum Gasteiger partial charge on any atom is -0.464 e. The van der Waals surface area contributed by atoms with Gasteiger partial charge in [0.2, 0.25) is 5.82 Å². The van der Waals surface area contributed by atoms with Gasteiger partial charge in [-0.2, -0.15) is 0 Å². The number of esters is 1. The van der Waals surface area contributed by atoms with E-state index in [9.17, 15) is 14.9 Å². The van der Waals surface area contributed by atoms with Crippen LogP contribution < -0.4 is 5.32 Å². The van der Waals surface area contributed by atoms with Gasteiger partial charge in [0, 0.05) is 11.6 Å². The zero-order valence-corrected chi connectivity index (χ0v) is 12.2. The first kappa shape index (κ1) is 15.2. The molecular formula is C14H19N3O4. The van der Waals surface area contributed by atoms with Crippen molar-refractivity contribution >= 4 is 17.5 Å². The zero-order chi connectivity index (χ0) is 15.5. The number of nitrogens with zero attached hydrogens (tertiary/aromatic N) is 2. The van der Waals surface area contributed by atoms with Crippen molar-refractivity contribution in [2.75, 3.05) is 12.4 Å². The minimum atomic E-state index is -0.609. The van der Waals surface area contributed by atoms with Gasteiger partial charge in [-0.15, -0.1) is 0 Å². The predicted molar refractivity (Wildman–Crippen MR) is 77.3 cm³/mol. The number of methoxy groups -OCH3 is 1. The van der Waals surface area contributed by atoms with Crippen molar-refractivity contribution in [1.82, 2.24) is 4.98 Å². The van der Waals surface area contributed by atoms with Crippen LogP contribution in [0.4, 0.5) is 11.5 Å². The van der Waals surface area contributed by atoms with Crippen LogP contribution in [0, 0.1) is 10.1 Å². The molecule has 0 unspecified atom stereocenters. The third-order valence-electron chi connectivity index (χ3n) is 3.84. The molecule has 21 heavy (non-hydrogen) atoms. The van der Waals surface area contributed by atoms with Crippen LogP contribution in [0.3, 0.4) is 0 Å². The second-order valence-corrected chi connectivity index (χ2v) is 5.56. The highest BCUT2D eigenvalue weighted by molar-refractivity contribution is 5.88. The molecule has 0 aromatic carbocycles. The van der Waals surface area contributed by atoms with Gasteiger partial charge < -0.3 is 10.1 Å². The molecule has 7 heteroatoms. The van der Waals surface area contributed by atoms with Gasteiger partial charge >= 0.3 is 11.7 Å². The number of nitro groups is 1. The molecule has 7 nitrogen and oxygen atoms in total. The molecule has 0 atom stereocenters. The number of nitrogens with one attached hydrogen (secondary N) is 1. The molecule has 114 valence electrons. The Balaban J connectivity index is 2.34. The van der Waals surface area contributed by atoms with Crippen molar-refractivity contribution in [2.45, 2.75) is 44.6 Å². The van der Waals surface area contributed by atoms with E-state index in [1.165, 1.54) is 25.7 Å². The van der Waals surface area contributed by atoms with E-state index in [-0.39, 0.29) is 22.7 Å². The second kappa shape index (κ2) is 6.07. The zero-order valence-electron chi connectivity index (χ0n) is 12.2. The van der Waals surface area contributed by atoms with Crippen molar-refractivity contribution < 1.29 is 14.5 Å². The summed E-state index contributed by atoms with van der Waals surface area (Å²) in [5.74, 6) is -0.478. The van der Waals surface area contributed by atoms with Gasteiger partial charge in [-0.25, -0.2) is 9.78 Å². The van der Waals surface area contributed by atoms with Gasteiger partial charge in [0.15, 0.2) is 5.69 Å². The number of hydrogen-bond donors (Lipinski definition) is 1. The summed E-state index contributed by atoms with van der Waals surface area (Å²) in [5, 5.41) is 14.3. The lowest BCUT2D eigenvalue weighted by molar-refractivity contribution is -0.384. The van der Waals surface area contributed by atoms with Crippen LogP contribution in [0.2, 0.25) is 0 Å². The Morgan fingerprint density at radius 1 is 1.38 bits per heavy atom. The van der Waals surface area contributed by atoms with Crippen LogP contribution in [-0.2, 0) is 4.74 Å². The fourth-order valence-electron chi connectivity index (χ4n) is 2.65. The summed E-state index contributed by atoms with van der Waals surface area (Å²) in [7, 11) is 1.25. The first-order chi connectivity index (χ1) is 9.95. The summed E-state index contributed by atoms with van der Waals surface area (Å²) >= 11 is 0. The molecular weight excluding hydrogens is 274 g/mol. The lowest BCUT2D eigenvalue weighted by Gasteiger charge is -2.34. The highest BCUT2D eigenvalue weighted by Gasteiger charge is 2.30. The van der Waals surface area contributed by atoms with Crippen molar-refractivity contribution in [3.63, 3.8) is 0 Å². The number of hydrogen-bond acceptors (Lipinski definition) is 6. The largest absolute Gasteiger partial charge is 0.464 e. The third kappa shape index (κ3) is 3.48. The number of carbonyl (C=O) groups excluding carboxylic acids is 1. The Kier molecular flexibility index (Phi) is 4.40. The molecule has 0 bridgehead atoms. The fraction of sp³-hybridized carbons (Fsp3) is 0.571. The van der Waals surface area contributed by atoms with Crippen molar-refractivity contribution in [2.24, 2.45) is 0 Å². The SMILES string of the molecule is COC(=O)c1ccc([N+](=O)[O-])c(NC2(C)CCCCC2)n1. The molecule has 1 aromatic heterocycles. The van der Waals surface area contributed by atoms with E-state index in [1.807, 2.05) is 6.92 Å². The Labute approximate surface area is 122 Å². The number of anilines is 1. The third-order valence-corrected chi connectivity index (χ3v) is 3.84. The average Bonchev–Trinajstić information content (AvgIpc) is 2.46. The molecule has 1 aliphatic rings. The molecule has 0 saturated heterocycles. The second-order valence-electron chi connectivity index (χ2n) is 5.56. The smallest absolute Gasteiger partial charge is 0.356 e. The number of carbonyl (C=O) groups is 1. The molecule has 1 aromatic rings.